The topological polar surface area (TPSA) is 61.8 Å². The van der Waals surface area contributed by atoms with Crippen LogP contribution in [-0.2, 0) is 9.53 Å². The van der Waals surface area contributed by atoms with Gasteiger partial charge in [0, 0.05) is 26.8 Å². The van der Waals surface area contributed by atoms with Gasteiger partial charge in [-0.15, -0.1) is 0 Å². The SMILES string of the molecule is COC(C)C(=O)Nc1ccccc1N1CCC(CO)CC1. The summed E-state index contributed by atoms with van der Waals surface area (Å²) < 4.78 is 5.04. The third kappa shape index (κ3) is 3.95. The Morgan fingerprint density at radius 1 is 1.43 bits per heavy atom. The smallest absolute Gasteiger partial charge is 0.253 e. The molecule has 0 aliphatic carbocycles. The lowest BCUT2D eigenvalue weighted by molar-refractivity contribution is -0.124. The monoisotopic (exact) mass is 292 g/mol. The van der Waals surface area contributed by atoms with E-state index in [1.54, 1.807) is 6.92 Å². The zero-order valence-electron chi connectivity index (χ0n) is 12.7. The second kappa shape index (κ2) is 7.43. The molecule has 1 heterocycles. The van der Waals surface area contributed by atoms with Gasteiger partial charge in [0.05, 0.1) is 11.4 Å². The standard InChI is InChI=1S/C16H24N2O3/c1-12(21-2)16(20)17-14-5-3-4-6-15(14)18-9-7-13(11-19)8-10-18/h3-6,12-13,19H,7-11H2,1-2H3,(H,17,20). The molecule has 0 bridgehead atoms. The van der Waals surface area contributed by atoms with Crippen LogP contribution in [0.5, 0.6) is 0 Å². The normalized spacial score (nSPS) is 17.6. The highest BCUT2D eigenvalue weighted by Crippen LogP contribution is 2.29. The van der Waals surface area contributed by atoms with Crippen LogP contribution < -0.4 is 10.2 Å². The Bertz CT molecular complexity index is 470. The molecular formula is C16H24N2O3. The molecule has 116 valence electrons. The maximum Gasteiger partial charge on any atom is 0.253 e. The molecule has 21 heavy (non-hydrogen) atoms. The third-order valence-electron chi connectivity index (χ3n) is 4.10. The molecule has 1 saturated heterocycles. The molecule has 0 aromatic heterocycles. The van der Waals surface area contributed by atoms with Gasteiger partial charge in [0.25, 0.3) is 5.91 Å². The van der Waals surface area contributed by atoms with E-state index in [1.165, 1.54) is 7.11 Å². The summed E-state index contributed by atoms with van der Waals surface area (Å²) in [7, 11) is 1.52. The van der Waals surface area contributed by atoms with Crippen LogP contribution in [0.25, 0.3) is 0 Å². The summed E-state index contributed by atoms with van der Waals surface area (Å²) in [6, 6.07) is 7.82. The predicted octanol–water partition coefficient (Wildman–Crippen LogP) is 1.87. The first-order chi connectivity index (χ1) is 10.2. The number of amides is 1. The molecule has 5 heteroatoms. The molecule has 0 saturated carbocycles. The fourth-order valence-corrected chi connectivity index (χ4v) is 2.55. The predicted molar refractivity (Wildman–Crippen MR) is 83.6 cm³/mol. The van der Waals surface area contributed by atoms with Crippen LogP contribution in [0.4, 0.5) is 11.4 Å². The van der Waals surface area contributed by atoms with E-state index in [0.29, 0.717) is 5.92 Å². The second-order valence-electron chi connectivity index (χ2n) is 5.50. The number of aliphatic hydroxyl groups is 1. The van der Waals surface area contributed by atoms with Crippen LogP contribution in [0.1, 0.15) is 19.8 Å². The summed E-state index contributed by atoms with van der Waals surface area (Å²) in [5, 5.41) is 12.1. The van der Waals surface area contributed by atoms with Crippen molar-refractivity contribution in [2.45, 2.75) is 25.9 Å². The number of carbonyl (C=O) groups is 1. The van der Waals surface area contributed by atoms with Crippen LogP contribution in [-0.4, -0.2) is 43.9 Å². The lowest BCUT2D eigenvalue weighted by atomic mass is 9.97. The van der Waals surface area contributed by atoms with Gasteiger partial charge in [0.15, 0.2) is 0 Å². The van der Waals surface area contributed by atoms with Crippen LogP contribution in [0.15, 0.2) is 24.3 Å². The molecule has 5 nitrogen and oxygen atoms in total. The van der Waals surface area contributed by atoms with Crippen molar-refractivity contribution in [3.63, 3.8) is 0 Å². The largest absolute Gasteiger partial charge is 0.396 e. The van der Waals surface area contributed by atoms with Crippen molar-refractivity contribution in [3.8, 4) is 0 Å². The van der Waals surface area contributed by atoms with E-state index in [1.807, 2.05) is 24.3 Å². The minimum Gasteiger partial charge on any atom is -0.396 e. The summed E-state index contributed by atoms with van der Waals surface area (Å²) in [4.78, 5) is 14.3. The van der Waals surface area contributed by atoms with E-state index < -0.39 is 6.10 Å². The van der Waals surface area contributed by atoms with Gasteiger partial charge in [-0.05, 0) is 37.8 Å². The summed E-state index contributed by atoms with van der Waals surface area (Å²) in [6.45, 7) is 3.79. The van der Waals surface area contributed by atoms with Gasteiger partial charge in [-0.1, -0.05) is 12.1 Å². The molecule has 1 fully saturated rings. The number of para-hydroxylation sites is 2. The highest BCUT2D eigenvalue weighted by atomic mass is 16.5. The number of ether oxygens (including phenoxy) is 1. The lowest BCUT2D eigenvalue weighted by Gasteiger charge is -2.34. The van der Waals surface area contributed by atoms with E-state index in [4.69, 9.17) is 4.74 Å². The number of rotatable bonds is 5. The first kappa shape index (κ1) is 15.8. The van der Waals surface area contributed by atoms with Gasteiger partial charge in [0.1, 0.15) is 6.10 Å². The van der Waals surface area contributed by atoms with Crippen molar-refractivity contribution in [1.82, 2.24) is 0 Å². The number of nitrogens with one attached hydrogen (secondary N) is 1. The first-order valence-corrected chi connectivity index (χ1v) is 7.44. The third-order valence-corrected chi connectivity index (χ3v) is 4.10. The van der Waals surface area contributed by atoms with Crippen LogP contribution in [0.2, 0.25) is 0 Å². The molecule has 1 aliphatic heterocycles. The van der Waals surface area contributed by atoms with Crippen molar-refractivity contribution in [1.29, 1.82) is 0 Å². The van der Waals surface area contributed by atoms with Gasteiger partial charge < -0.3 is 20.1 Å². The number of hydrogen-bond donors (Lipinski definition) is 2. The van der Waals surface area contributed by atoms with Crippen molar-refractivity contribution in [2.24, 2.45) is 5.92 Å². The molecule has 1 aliphatic rings. The maximum absolute atomic E-state index is 12.0. The first-order valence-electron chi connectivity index (χ1n) is 7.44. The highest BCUT2D eigenvalue weighted by Gasteiger charge is 2.21. The Hall–Kier alpha value is -1.59. The number of aliphatic hydroxyl groups excluding tert-OH is 1. The summed E-state index contributed by atoms with van der Waals surface area (Å²) in [5.74, 6) is 0.256. The van der Waals surface area contributed by atoms with E-state index in [-0.39, 0.29) is 12.5 Å². The Morgan fingerprint density at radius 3 is 2.71 bits per heavy atom. The minimum atomic E-state index is -0.474. The van der Waals surface area contributed by atoms with Gasteiger partial charge in [-0.25, -0.2) is 0 Å². The summed E-state index contributed by atoms with van der Waals surface area (Å²) in [6.07, 6.45) is 1.48. The van der Waals surface area contributed by atoms with Crippen LogP contribution >= 0.6 is 0 Å². The Morgan fingerprint density at radius 2 is 2.10 bits per heavy atom. The van der Waals surface area contributed by atoms with E-state index in [9.17, 15) is 9.90 Å². The Labute approximate surface area is 125 Å². The molecular weight excluding hydrogens is 268 g/mol. The molecule has 1 aromatic rings. The number of nitrogens with zero attached hydrogens (tertiary/aromatic N) is 1. The van der Waals surface area contributed by atoms with E-state index >= 15 is 0 Å². The Kier molecular flexibility index (Phi) is 5.59. The van der Waals surface area contributed by atoms with Crippen molar-refractivity contribution >= 4 is 17.3 Å². The molecule has 0 spiro atoms. The van der Waals surface area contributed by atoms with Crippen molar-refractivity contribution in [2.75, 3.05) is 37.0 Å². The zero-order valence-corrected chi connectivity index (χ0v) is 12.7. The average Bonchev–Trinajstić information content (AvgIpc) is 2.54. The summed E-state index contributed by atoms with van der Waals surface area (Å²) in [5.41, 5.74) is 1.85. The van der Waals surface area contributed by atoms with Gasteiger partial charge in [-0.3, -0.25) is 4.79 Å². The molecule has 1 amide bonds. The number of hydrogen-bond acceptors (Lipinski definition) is 4. The minimum absolute atomic E-state index is 0.143. The number of piperidine rings is 1. The van der Waals surface area contributed by atoms with Gasteiger partial charge in [-0.2, -0.15) is 0 Å². The van der Waals surface area contributed by atoms with Crippen molar-refractivity contribution in [3.05, 3.63) is 24.3 Å². The second-order valence-corrected chi connectivity index (χ2v) is 5.50. The fourth-order valence-electron chi connectivity index (χ4n) is 2.55. The lowest BCUT2D eigenvalue weighted by Crippen LogP contribution is -2.35. The molecule has 1 unspecified atom stereocenters. The molecule has 2 N–H and O–H groups in total. The maximum atomic E-state index is 12.0. The van der Waals surface area contributed by atoms with E-state index in [2.05, 4.69) is 10.2 Å². The molecule has 2 rings (SSSR count). The number of carbonyl (C=O) groups excluding carboxylic acids is 1. The fraction of sp³-hybridized carbons (Fsp3) is 0.562. The molecule has 1 atom stereocenters. The van der Waals surface area contributed by atoms with Crippen LogP contribution in [0.3, 0.4) is 0 Å². The summed E-state index contributed by atoms with van der Waals surface area (Å²) >= 11 is 0. The molecule has 0 radical (unpaired) electrons. The van der Waals surface area contributed by atoms with Crippen molar-refractivity contribution < 1.29 is 14.6 Å². The van der Waals surface area contributed by atoms with Gasteiger partial charge in [0.2, 0.25) is 0 Å². The quantitative estimate of drug-likeness (QED) is 0.869. The number of methoxy groups -OCH3 is 1. The van der Waals surface area contributed by atoms with Gasteiger partial charge >= 0.3 is 0 Å². The van der Waals surface area contributed by atoms with E-state index in [0.717, 1.165) is 37.3 Å². The highest BCUT2D eigenvalue weighted by molar-refractivity contribution is 5.96. The Balaban J connectivity index is 2.08. The average molecular weight is 292 g/mol. The number of benzene rings is 1. The van der Waals surface area contributed by atoms with Crippen LogP contribution in [0, 0.1) is 5.92 Å². The molecule has 1 aromatic carbocycles. The zero-order chi connectivity index (χ0) is 15.2. The number of anilines is 2.